The minimum atomic E-state index is -0.225. The molecule has 7 rings (SSSR count). The van der Waals surface area contributed by atoms with Gasteiger partial charge in [0.1, 0.15) is 0 Å². The predicted molar refractivity (Wildman–Crippen MR) is 174 cm³/mol. The number of nitrogens with zero attached hydrogens (tertiary/aromatic N) is 1. The van der Waals surface area contributed by atoms with E-state index in [1.807, 2.05) is 18.2 Å². The van der Waals surface area contributed by atoms with Crippen LogP contribution in [0.15, 0.2) is 146 Å². The van der Waals surface area contributed by atoms with E-state index >= 15 is 0 Å². The molecule has 1 heteroatoms. The molecular weight excluding hydrogens is 482 g/mol. The van der Waals surface area contributed by atoms with Crippen molar-refractivity contribution in [1.82, 2.24) is 4.57 Å². The first-order valence-corrected chi connectivity index (χ1v) is 13.9. The molecule has 0 saturated carbocycles. The van der Waals surface area contributed by atoms with Crippen LogP contribution in [0.3, 0.4) is 0 Å². The Morgan fingerprint density at radius 3 is 2.12 bits per heavy atom. The SMILES string of the molecule is C=C/C=C\C1=C(C=C)C(C)(C)c2cc(-c3ccccc3)cc3c4cc(-c5ccc6ccccc6c5)ccc4n1c23. The number of benzene rings is 5. The van der Waals surface area contributed by atoms with E-state index in [0.717, 1.165) is 5.70 Å². The lowest BCUT2D eigenvalue weighted by Crippen LogP contribution is -2.26. The fourth-order valence-electron chi connectivity index (χ4n) is 6.49. The second kappa shape index (κ2) is 9.10. The Morgan fingerprint density at radius 2 is 1.35 bits per heavy atom. The maximum absolute atomic E-state index is 4.27. The van der Waals surface area contributed by atoms with Gasteiger partial charge in [-0.2, -0.15) is 0 Å². The molecule has 2 heterocycles. The lowest BCUT2D eigenvalue weighted by molar-refractivity contribution is 0.635. The molecule has 1 aliphatic rings. The topological polar surface area (TPSA) is 4.93 Å². The van der Waals surface area contributed by atoms with Crippen molar-refractivity contribution >= 4 is 38.3 Å². The summed E-state index contributed by atoms with van der Waals surface area (Å²) in [6.45, 7) is 12.8. The van der Waals surface area contributed by atoms with Crippen molar-refractivity contribution in [2.45, 2.75) is 19.3 Å². The third-order valence-corrected chi connectivity index (χ3v) is 8.51. The van der Waals surface area contributed by atoms with Crippen LogP contribution in [0.4, 0.5) is 0 Å². The van der Waals surface area contributed by atoms with Gasteiger partial charge < -0.3 is 4.57 Å². The van der Waals surface area contributed by atoms with E-state index in [-0.39, 0.29) is 5.41 Å². The molecular formula is C39H31N. The van der Waals surface area contributed by atoms with Gasteiger partial charge in [0, 0.05) is 16.2 Å². The van der Waals surface area contributed by atoms with Crippen LogP contribution < -0.4 is 0 Å². The zero-order valence-electron chi connectivity index (χ0n) is 23.0. The van der Waals surface area contributed by atoms with E-state index in [4.69, 9.17) is 0 Å². The molecule has 5 aromatic carbocycles. The zero-order valence-corrected chi connectivity index (χ0v) is 23.0. The first kappa shape index (κ1) is 24.2. The maximum atomic E-state index is 4.27. The Bertz CT molecular complexity index is 2040. The lowest BCUT2D eigenvalue weighted by atomic mass is 9.73. The molecule has 1 nitrogen and oxygen atoms in total. The molecule has 0 bridgehead atoms. The van der Waals surface area contributed by atoms with Crippen LogP contribution in [0.2, 0.25) is 0 Å². The summed E-state index contributed by atoms with van der Waals surface area (Å²) in [5, 5.41) is 5.04. The Morgan fingerprint density at radius 1 is 0.650 bits per heavy atom. The lowest BCUT2D eigenvalue weighted by Gasteiger charge is -2.35. The number of hydrogen-bond acceptors (Lipinski definition) is 0. The molecule has 0 unspecified atom stereocenters. The largest absolute Gasteiger partial charge is 0.309 e. The summed E-state index contributed by atoms with van der Waals surface area (Å²) in [4.78, 5) is 0. The number of allylic oxidation sites excluding steroid dienone is 6. The highest BCUT2D eigenvalue weighted by atomic mass is 15.0. The minimum absolute atomic E-state index is 0.225. The van der Waals surface area contributed by atoms with Crippen molar-refractivity contribution in [3.63, 3.8) is 0 Å². The molecule has 1 aliphatic heterocycles. The summed E-state index contributed by atoms with van der Waals surface area (Å²) < 4.78 is 2.43. The van der Waals surface area contributed by atoms with Crippen LogP contribution in [-0.2, 0) is 5.41 Å². The average molecular weight is 514 g/mol. The number of hydrogen-bond donors (Lipinski definition) is 0. The Kier molecular flexibility index (Phi) is 5.50. The van der Waals surface area contributed by atoms with Crippen LogP contribution >= 0.6 is 0 Å². The van der Waals surface area contributed by atoms with Gasteiger partial charge in [0.25, 0.3) is 0 Å². The highest BCUT2D eigenvalue weighted by molar-refractivity contribution is 6.15. The van der Waals surface area contributed by atoms with Crippen molar-refractivity contribution < 1.29 is 0 Å². The summed E-state index contributed by atoms with van der Waals surface area (Å²) in [6, 6.07) is 37.7. The van der Waals surface area contributed by atoms with E-state index in [1.165, 1.54) is 66.0 Å². The molecule has 0 aliphatic carbocycles. The molecule has 40 heavy (non-hydrogen) atoms. The molecule has 0 N–H and O–H groups in total. The van der Waals surface area contributed by atoms with Crippen molar-refractivity contribution in [1.29, 1.82) is 0 Å². The van der Waals surface area contributed by atoms with Crippen LogP contribution in [0.1, 0.15) is 19.4 Å². The third kappa shape index (κ3) is 3.55. The minimum Gasteiger partial charge on any atom is -0.309 e. The molecule has 0 fully saturated rings. The summed E-state index contributed by atoms with van der Waals surface area (Å²) in [5.41, 5.74) is 10.8. The molecule has 6 aromatic rings. The van der Waals surface area contributed by atoms with E-state index in [1.54, 1.807) is 0 Å². The van der Waals surface area contributed by atoms with E-state index in [0.29, 0.717) is 0 Å². The molecule has 0 radical (unpaired) electrons. The monoisotopic (exact) mass is 513 g/mol. The summed E-state index contributed by atoms with van der Waals surface area (Å²) in [5.74, 6) is 0. The maximum Gasteiger partial charge on any atom is 0.0582 e. The molecule has 0 amide bonds. The van der Waals surface area contributed by atoms with Gasteiger partial charge in [0.2, 0.25) is 0 Å². The second-order valence-corrected chi connectivity index (χ2v) is 11.1. The Hall–Kier alpha value is -4.88. The Balaban J connectivity index is 1.59. The van der Waals surface area contributed by atoms with Gasteiger partial charge in [0.15, 0.2) is 0 Å². The Labute approximate surface area is 235 Å². The normalized spacial score (nSPS) is 14.4. The van der Waals surface area contributed by atoms with E-state index < -0.39 is 0 Å². The number of fused-ring (bicyclic) bond motifs is 4. The van der Waals surface area contributed by atoms with E-state index in [2.05, 4.69) is 141 Å². The molecule has 0 atom stereocenters. The van der Waals surface area contributed by atoms with Crippen LogP contribution in [-0.4, -0.2) is 4.57 Å². The average Bonchev–Trinajstić information content (AvgIpc) is 3.32. The quantitative estimate of drug-likeness (QED) is 0.202. The highest BCUT2D eigenvalue weighted by Crippen LogP contribution is 2.49. The smallest absolute Gasteiger partial charge is 0.0582 e. The fraction of sp³-hybridized carbons (Fsp3) is 0.0769. The molecule has 0 saturated heterocycles. The fourth-order valence-corrected chi connectivity index (χ4v) is 6.49. The second-order valence-electron chi connectivity index (χ2n) is 11.1. The van der Waals surface area contributed by atoms with Gasteiger partial charge in [-0.1, -0.05) is 118 Å². The first-order valence-electron chi connectivity index (χ1n) is 13.9. The summed E-state index contributed by atoms with van der Waals surface area (Å²) in [6.07, 6.45) is 8.08. The number of aromatic nitrogens is 1. The van der Waals surface area contributed by atoms with Gasteiger partial charge in [0.05, 0.1) is 16.7 Å². The summed E-state index contributed by atoms with van der Waals surface area (Å²) >= 11 is 0. The number of rotatable bonds is 5. The molecule has 192 valence electrons. The van der Waals surface area contributed by atoms with Crippen LogP contribution in [0, 0.1) is 0 Å². The standard InChI is InChI=1S/C39H31N/c1-5-7-17-37-34(6-2)39(3,4)35-25-31(26-13-9-8-10-14-26)24-33-32-23-30(20-21-36(32)40(37)38(33)35)29-19-18-27-15-11-12-16-28(27)22-29/h5-25H,1-2H2,3-4H3/b17-7-. The highest BCUT2D eigenvalue weighted by Gasteiger charge is 2.35. The van der Waals surface area contributed by atoms with Crippen molar-refractivity contribution in [3.8, 4) is 22.3 Å². The predicted octanol–water partition coefficient (Wildman–Crippen LogP) is 10.7. The molecule has 0 spiro atoms. The first-order chi connectivity index (χ1) is 19.5. The van der Waals surface area contributed by atoms with Gasteiger partial charge in [-0.15, -0.1) is 0 Å². The van der Waals surface area contributed by atoms with Gasteiger partial charge in [-0.05, 0) is 80.6 Å². The van der Waals surface area contributed by atoms with Crippen LogP contribution in [0.5, 0.6) is 0 Å². The third-order valence-electron chi connectivity index (χ3n) is 8.51. The zero-order chi connectivity index (χ0) is 27.4. The van der Waals surface area contributed by atoms with E-state index in [9.17, 15) is 0 Å². The summed E-state index contributed by atoms with van der Waals surface area (Å²) in [7, 11) is 0. The van der Waals surface area contributed by atoms with Crippen molar-refractivity contribution in [2.75, 3.05) is 0 Å². The van der Waals surface area contributed by atoms with Gasteiger partial charge >= 0.3 is 0 Å². The van der Waals surface area contributed by atoms with Crippen LogP contribution in [0.25, 0.3) is 60.5 Å². The van der Waals surface area contributed by atoms with Crippen molar-refractivity contribution in [3.05, 3.63) is 152 Å². The van der Waals surface area contributed by atoms with Gasteiger partial charge in [-0.3, -0.25) is 0 Å². The van der Waals surface area contributed by atoms with Gasteiger partial charge in [-0.25, -0.2) is 0 Å². The molecule has 1 aromatic heterocycles. The van der Waals surface area contributed by atoms with Crippen molar-refractivity contribution in [2.24, 2.45) is 0 Å².